The minimum absolute atomic E-state index is 0.642. The van der Waals surface area contributed by atoms with Crippen molar-refractivity contribution in [3.8, 4) is 0 Å². The number of rotatable bonds is 10. The molecule has 0 aliphatic carbocycles. The fourth-order valence-electron chi connectivity index (χ4n) is 1.75. The average molecular weight is 281 g/mol. The summed E-state index contributed by atoms with van der Waals surface area (Å²) in [6.07, 6.45) is 0. The number of hydrogen-bond donors (Lipinski definition) is 4. The molecule has 0 amide bonds. The van der Waals surface area contributed by atoms with Gasteiger partial charge in [0.2, 0.25) is 5.95 Å². The van der Waals surface area contributed by atoms with Crippen LogP contribution in [0.3, 0.4) is 0 Å². The molecule has 114 valence electrons. The Morgan fingerprint density at radius 1 is 1.05 bits per heavy atom. The number of likely N-dealkylation sites (N-methyl/N-ethyl adjacent to an activating group) is 1. The first-order valence-corrected chi connectivity index (χ1v) is 7.18. The van der Waals surface area contributed by atoms with Gasteiger partial charge in [0.05, 0.1) is 0 Å². The molecule has 0 radical (unpaired) electrons. The summed E-state index contributed by atoms with van der Waals surface area (Å²) in [4.78, 5) is 11.0. The van der Waals surface area contributed by atoms with Crippen LogP contribution in [-0.2, 0) is 0 Å². The summed E-state index contributed by atoms with van der Waals surface area (Å²) >= 11 is 0. The van der Waals surface area contributed by atoms with Crippen molar-refractivity contribution in [1.82, 2.24) is 14.9 Å². The number of nitrogens with two attached hydrogens (primary N) is 1. The van der Waals surface area contributed by atoms with Gasteiger partial charge in [-0.1, -0.05) is 0 Å². The molecule has 7 heteroatoms. The molecule has 1 rings (SSSR count). The fourth-order valence-corrected chi connectivity index (χ4v) is 1.75. The predicted octanol–water partition coefficient (Wildman–Crippen LogP) is 0.643. The summed E-state index contributed by atoms with van der Waals surface area (Å²) in [6, 6.07) is 1.92. The summed E-state index contributed by atoms with van der Waals surface area (Å²) in [5, 5.41) is 9.66. The predicted molar refractivity (Wildman–Crippen MR) is 85.4 cm³/mol. The summed E-state index contributed by atoms with van der Waals surface area (Å²) in [6.45, 7) is 9.03. The Balaban J connectivity index is 2.58. The van der Waals surface area contributed by atoms with Gasteiger partial charge in [-0.2, -0.15) is 9.97 Å². The molecule has 0 aromatic carbocycles. The molecule has 1 aromatic rings. The van der Waals surface area contributed by atoms with Gasteiger partial charge < -0.3 is 26.6 Å². The van der Waals surface area contributed by atoms with Gasteiger partial charge in [0.25, 0.3) is 0 Å². The van der Waals surface area contributed by atoms with E-state index < -0.39 is 0 Å². The molecule has 0 spiro atoms. The SMILES string of the molecule is CCNc1cc(NCCN(C)CCN)nc(NCC)n1. The summed E-state index contributed by atoms with van der Waals surface area (Å²) in [5.41, 5.74) is 5.52. The van der Waals surface area contributed by atoms with Gasteiger partial charge in [-0.3, -0.25) is 0 Å². The largest absolute Gasteiger partial charge is 0.370 e. The van der Waals surface area contributed by atoms with Gasteiger partial charge in [0.15, 0.2) is 0 Å². The highest BCUT2D eigenvalue weighted by Gasteiger charge is 2.04. The minimum Gasteiger partial charge on any atom is -0.370 e. The van der Waals surface area contributed by atoms with Gasteiger partial charge in [-0.15, -0.1) is 0 Å². The Bertz CT molecular complexity index is 359. The zero-order valence-corrected chi connectivity index (χ0v) is 12.7. The van der Waals surface area contributed by atoms with Crippen molar-refractivity contribution in [2.45, 2.75) is 13.8 Å². The number of aromatic nitrogens is 2. The maximum absolute atomic E-state index is 5.52. The first-order valence-electron chi connectivity index (χ1n) is 7.18. The van der Waals surface area contributed by atoms with E-state index in [4.69, 9.17) is 5.73 Å². The maximum Gasteiger partial charge on any atom is 0.226 e. The molecule has 0 aliphatic rings. The van der Waals surface area contributed by atoms with Crippen molar-refractivity contribution in [2.75, 3.05) is 62.3 Å². The Labute approximate surface area is 121 Å². The van der Waals surface area contributed by atoms with Crippen LogP contribution in [0.1, 0.15) is 13.8 Å². The molecule has 0 saturated heterocycles. The molecule has 5 N–H and O–H groups in total. The smallest absolute Gasteiger partial charge is 0.226 e. The lowest BCUT2D eigenvalue weighted by atomic mass is 10.4. The topological polar surface area (TPSA) is 91.1 Å². The number of hydrogen-bond acceptors (Lipinski definition) is 7. The molecular formula is C13H27N7. The molecule has 0 atom stereocenters. The zero-order chi connectivity index (χ0) is 14.8. The molecule has 0 bridgehead atoms. The average Bonchev–Trinajstić information content (AvgIpc) is 2.39. The minimum atomic E-state index is 0.642. The third-order valence-electron chi connectivity index (χ3n) is 2.73. The maximum atomic E-state index is 5.52. The van der Waals surface area contributed by atoms with Gasteiger partial charge in [-0.25, -0.2) is 0 Å². The van der Waals surface area contributed by atoms with Crippen LogP contribution < -0.4 is 21.7 Å². The lowest BCUT2D eigenvalue weighted by molar-refractivity contribution is 0.357. The van der Waals surface area contributed by atoms with Crippen LogP contribution in [-0.4, -0.2) is 61.2 Å². The van der Waals surface area contributed by atoms with Crippen LogP contribution in [0.2, 0.25) is 0 Å². The number of nitrogens with zero attached hydrogens (tertiary/aromatic N) is 3. The third-order valence-corrected chi connectivity index (χ3v) is 2.73. The number of nitrogens with one attached hydrogen (secondary N) is 3. The molecule has 0 saturated carbocycles. The summed E-state index contributed by atoms with van der Waals surface area (Å²) < 4.78 is 0. The van der Waals surface area contributed by atoms with Gasteiger partial charge in [0.1, 0.15) is 11.6 Å². The van der Waals surface area contributed by atoms with Crippen LogP contribution in [0.4, 0.5) is 17.6 Å². The highest BCUT2D eigenvalue weighted by molar-refractivity contribution is 5.52. The van der Waals surface area contributed by atoms with Gasteiger partial charge in [0, 0.05) is 45.3 Å². The van der Waals surface area contributed by atoms with E-state index in [0.717, 1.165) is 44.4 Å². The quantitative estimate of drug-likeness (QED) is 0.500. The summed E-state index contributed by atoms with van der Waals surface area (Å²) in [7, 11) is 2.06. The lowest BCUT2D eigenvalue weighted by Crippen LogP contribution is -2.30. The van der Waals surface area contributed by atoms with Crippen molar-refractivity contribution in [2.24, 2.45) is 5.73 Å². The van der Waals surface area contributed by atoms with Gasteiger partial charge >= 0.3 is 0 Å². The van der Waals surface area contributed by atoms with Crippen molar-refractivity contribution in [3.05, 3.63) is 6.07 Å². The van der Waals surface area contributed by atoms with Crippen molar-refractivity contribution < 1.29 is 0 Å². The lowest BCUT2D eigenvalue weighted by Gasteiger charge is -2.16. The highest BCUT2D eigenvalue weighted by Crippen LogP contribution is 2.13. The molecule has 0 unspecified atom stereocenters. The third kappa shape index (κ3) is 6.03. The molecule has 0 fully saturated rings. The van der Waals surface area contributed by atoms with E-state index in [2.05, 4.69) is 37.9 Å². The first-order chi connectivity index (χ1) is 9.69. The second-order valence-corrected chi connectivity index (χ2v) is 4.54. The van der Waals surface area contributed by atoms with E-state index in [9.17, 15) is 0 Å². The Hall–Kier alpha value is -1.60. The Morgan fingerprint density at radius 3 is 2.30 bits per heavy atom. The second-order valence-electron chi connectivity index (χ2n) is 4.54. The van der Waals surface area contributed by atoms with Crippen molar-refractivity contribution >= 4 is 17.6 Å². The summed E-state index contributed by atoms with van der Waals surface area (Å²) in [5.74, 6) is 2.30. The van der Waals surface area contributed by atoms with E-state index in [0.29, 0.717) is 12.5 Å². The van der Waals surface area contributed by atoms with E-state index in [1.807, 2.05) is 19.9 Å². The normalized spacial score (nSPS) is 10.7. The van der Waals surface area contributed by atoms with E-state index in [-0.39, 0.29) is 0 Å². The Morgan fingerprint density at radius 2 is 1.70 bits per heavy atom. The molecular weight excluding hydrogens is 254 g/mol. The van der Waals surface area contributed by atoms with Crippen LogP contribution in [0.15, 0.2) is 6.07 Å². The van der Waals surface area contributed by atoms with E-state index >= 15 is 0 Å². The zero-order valence-electron chi connectivity index (χ0n) is 12.7. The first kappa shape index (κ1) is 16.5. The fraction of sp³-hybridized carbons (Fsp3) is 0.692. The van der Waals surface area contributed by atoms with Crippen molar-refractivity contribution in [1.29, 1.82) is 0 Å². The van der Waals surface area contributed by atoms with Crippen LogP contribution in [0, 0.1) is 0 Å². The molecule has 7 nitrogen and oxygen atoms in total. The molecule has 20 heavy (non-hydrogen) atoms. The monoisotopic (exact) mass is 281 g/mol. The molecule has 1 heterocycles. The van der Waals surface area contributed by atoms with E-state index in [1.54, 1.807) is 0 Å². The molecule has 1 aromatic heterocycles. The highest BCUT2D eigenvalue weighted by atomic mass is 15.2. The molecule has 0 aliphatic heterocycles. The Kier molecular flexibility index (Phi) is 7.67. The van der Waals surface area contributed by atoms with Crippen LogP contribution >= 0.6 is 0 Å². The second kappa shape index (κ2) is 9.33. The standard InChI is InChI=1S/C13H27N7/c1-4-15-11-10-12(19-13(18-11)16-5-2)17-7-9-20(3)8-6-14/h10H,4-9,14H2,1-3H3,(H3,15,16,17,18,19). The van der Waals surface area contributed by atoms with E-state index in [1.165, 1.54) is 0 Å². The van der Waals surface area contributed by atoms with Gasteiger partial charge in [-0.05, 0) is 20.9 Å². The van der Waals surface area contributed by atoms with Crippen molar-refractivity contribution in [3.63, 3.8) is 0 Å². The van der Waals surface area contributed by atoms with Crippen LogP contribution in [0.25, 0.3) is 0 Å². The van der Waals surface area contributed by atoms with Crippen LogP contribution in [0.5, 0.6) is 0 Å². The number of anilines is 3.